The summed E-state index contributed by atoms with van der Waals surface area (Å²) in [5, 5.41) is 10.8. The monoisotopic (exact) mass is 506 g/mol. The third-order valence-electron chi connectivity index (χ3n) is 7.17. The second kappa shape index (κ2) is 9.98. The Kier molecular flexibility index (Phi) is 6.56. The fourth-order valence-corrected chi connectivity index (χ4v) is 5.68. The summed E-state index contributed by atoms with van der Waals surface area (Å²) in [4.78, 5) is 41.4. The van der Waals surface area contributed by atoms with Crippen LogP contribution in [0.4, 0.5) is 5.69 Å². The summed E-state index contributed by atoms with van der Waals surface area (Å²) >= 11 is 0. The predicted octanol–water partition coefficient (Wildman–Crippen LogP) is 4.94. The van der Waals surface area contributed by atoms with Crippen molar-refractivity contribution in [1.82, 2.24) is 0 Å². The Morgan fingerprint density at radius 2 is 1.66 bits per heavy atom. The van der Waals surface area contributed by atoms with E-state index in [0.717, 1.165) is 11.3 Å². The van der Waals surface area contributed by atoms with Crippen molar-refractivity contribution in [2.24, 2.45) is 5.41 Å². The largest absolute Gasteiger partial charge is 0.465 e. The molecule has 3 aromatic carbocycles. The van der Waals surface area contributed by atoms with Crippen LogP contribution in [0.1, 0.15) is 41.3 Å². The molecule has 190 valence electrons. The standard InChI is InChI=1S/C31H26N2O5/c1-3-37-30(36)31(19-32)26-18-15-21-9-7-8-12-25(21)33(26)28(27(31)22-10-5-4-6-11-22)29(35)23-13-16-24(17-14-23)38-20(2)34/h4-18,26-28H,3H2,1-2H3. The number of rotatable bonds is 6. The van der Waals surface area contributed by atoms with Crippen LogP contribution in [-0.2, 0) is 14.3 Å². The SMILES string of the molecule is CCOC(=O)C1(C#N)C(c2ccccc2)C(C(=O)c2ccc(OC(C)=O)cc2)N2c3ccccc3C=CC21. The van der Waals surface area contributed by atoms with Gasteiger partial charge in [-0.15, -0.1) is 0 Å². The molecule has 4 unspecified atom stereocenters. The van der Waals surface area contributed by atoms with Gasteiger partial charge in [0.2, 0.25) is 0 Å². The lowest BCUT2D eigenvalue weighted by Gasteiger charge is -2.36. The molecular weight excluding hydrogens is 480 g/mol. The van der Waals surface area contributed by atoms with Crippen LogP contribution in [0.5, 0.6) is 5.75 Å². The van der Waals surface area contributed by atoms with E-state index in [1.807, 2.05) is 71.6 Å². The number of fused-ring (bicyclic) bond motifs is 3. The van der Waals surface area contributed by atoms with Crippen molar-refractivity contribution < 1.29 is 23.9 Å². The third kappa shape index (κ3) is 3.95. The molecule has 38 heavy (non-hydrogen) atoms. The quantitative estimate of drug-likeness (QED) is 0.266. The fraction of sp³-hybridized carbons (Fsp3) is 0.226. The average molecular weight is 507 g/mol. The summed E-state index contributed by atoms with van der Waals surface area (Å²) < 4.78 is 10.6. The number of hydrogen-bond donors (Lipinski definition) is 0. The lowest BCUT2D eigenvalue weighted by atomic mass is 9.68. The fourth-order valence-electron chi connectivity index (χ4n) is 5.68. The van der Waals surface area contributed by atoms with Crippen molar-refractivity contribution in [1.29, 1.82) is 5.26 Å². The summed E-state index contributed by atoms with van der Waals surface area (Å²) in [6.07, 6.45) is 3.72. The Hall–Kier alpha value is -4.70. The number of nitrogens with zero attached hydrogens (tertiary/aromatic N) is 2. The highest BCUT2D eigenvalue weighted by Crippen LogP contribution is 2.56. The molecular formula is C31H26N2O5. The maximum Gasteiger partial charge on any atom is 0.329 e. The van der Waals surface area contributed by atoms with Crippen LogP contribution in [0.25, 0.3) is 6.08 Å². The molecule has 0 bridgehead atoms. The molecule has 0 aliphatic carbocycles. The number of benzene rings is 3. The normalized spacial score (nSPS) is 23.1. The number of para-hydroxylation sites is 1. The molecule has 2 aliphatic heterocycles. The van der Waals surface area contributed by atoms with Gasteiger partial charge in [0.05, 0.1) is 18.7 Å². The first-order chi connectivity index (χ1) is 18.4. The van der Waals surface area contributed by atoms with E-state index < -0.39 is 35.4 Å². The highest BCUT2D eigenvalue weighted by molar-refractivity contribution is 6.06. The zero-order chi connectivity index (χ0) is 26.9. The van der Waals surface area contributed by atoms with Gasteiger partial charge >= 0.3 is 11.9 Å². The van der Waals surface area contributed by atoms with Gasteiger partial charge in [-0.1, -0.05) is 60.7 Å². The van der Waals surface area contributed by atoms with Crippen molar-refractivity contribution in [3.63, 3.8) is 0 Å². The molecule has 0 saturated carbocycles. The van der Waals surface area contributed by atoms with Gasteiger partial charge in [0.15, 0.2) is 11.2 Å². The first-order valence-electron chi connectivity index (χ1n) is 12.4. The number of esters is 2. The molecule has 7 nitrogen and oxygen atoms in total. The summed E-state index contributed by atoms with van der Waals surface area (Å²) in [6.45, 7) is 3.11. The topological polar surface area (TPSA) is 96.7 Å². The first-order valence-corrected chi connectivity index (χ1v) is 12.4. The van der Waals surface area contributed by atoms with Gasteiger partial charge in [0, 0.05) is 24.1 Å². The highest BCUT2D eigenvalue weighted by Gasteiger charge is 2.67. The second-order valence-corrected chi connectivity index (χ2v) is 9.29. The molecule has 2 aliphatic rings. The maximum atomic E-state index is 14.4. The van der Waals surface area contributed by atoms with Crippen molar-refractivity contribution in [3.8, 4) is 11.8 Å². The summed E-state index contributed by atoms with van der Waals surface area (Å²) in [5.41, 5.74) is 1.03. The van der Waals surface area contributed by atoms with E-state index in [1.54, 1.807) is 31.2 Å². The van der Waals surface area contributed by atoms with E-state index in [0.29, 0.717) is 16.9 Å². The van der Waals surface area contributed by atoms with E-state index in [9.17, 15) is 19.6 Å². The van der Waals surface area contributed by atoms with Crippen molar-refractivity contribution in [2.75, 3.05) is 11.5 Å². The minimum atomic E-state index is -1.68. The van der Waals surface area contributed by atoms with Crippen molar-refractivity contribution in [2.45, 2.75) is 31.8 Å². The van der Waals surface area contributed by atoms with E-state index in [1.165, 1.54) is 6.92 Å². The second-order valence-electron chi connectivity index (χ2n) is 9.29. The van der Waals surface area contributed by atoms with Crippen LogP contribution < -0.4 is 9.64 Å². The van der Waals surface area contributed by atoms with Gasteiger partial charge < -0.3 is 14.4 Å². The van der Waals surface area contributed by atoms with E-state index in [2.05, 4.69) is 6.07 Å². The van der Waals surface area contributed by atoms with Crippen LogP contribution in [0.15, 0.2) is 84.9 Å². The van der Waals surface area contributed by atoms with Gasteiger partial charge in [-0.25, -0.2) is 0 Å². The van der Waals surface area contributed by atoms with Gasteiger partial charge in [0.25, 0.3) is 0 Å². The van der Waals surface area contributed by atoms with Gasteiger partial charge in [0.1, 0.15) is 11.8 Å². The van der Waals surface area contributed by atoms with Crippen molar-refractivity contribution in [3.05, 3.63) is 102 Å². The molecule has 0 radical (unpaired) electrons. The number of carbonyl (C=O) groups is 3. The molecule has 0 amide bonds. The number of ketones is 1. The molecule has 5 rings (SSSR count). The van der Waals surface area contributed by atoms with Crippen LogP contribution in [0, 0.1) is 16.7 Å². The summed E-state index contributed by atoms with van der Waals surface area (Å²) in [6, 6.07) is 23.8. The van der Waals surface area contributed by atoms with Crippen LogP contribution >= 0.6 is 0 Å². The number of carbonyl (C=O) groups excluding carboxylic acids is 3. The molecule has 0 spiro atoms. The van der Waals surface area contributed by atoms with E-state index in [-0.39, 0.29) is 12.4 Å². The smallest absolute Gasteiger partial charge is 0.329 e. The lowest BCUT2D eigenvalue weighted by molar-refractivity contribution is -0.152. The van der Waals surface area contributed by atoms with Crippen LogP contribution in [0.3, 0.4) is 0 Å². The molecule has 1 saturated heterocycles. The number of anilines is 1. The number of ether oxygens (including phenoxy) is 2. The highest BCUT2D eigenvalue weighted by atomic mass is 16.5. The van der Waals surface area contributed by atoms with E-state index in [4.69, 9.17) is 9.47 Å². The molecule has 4 atom stereocenters. The molecule has 3 aromatic rings. The Bertz CT molecular complexity index is 1460. The molecule has 7 heteroatoms. The molecule has 0 N–H and O–H groups in total. The summed E-state index contributed by atoms with van der Waals surface area (Å²) in [5.74, 6) is -1.88. The van der Waals surface area contributed by atoms with E-state index >= 15 is 0 Å². The van der Waals surface area contributed by atoms with Crippen molar-refractivity contribution >= 4 is 29.5 Å². The Labute approximate surface area is 220 Å². The Morgan fingerprint density at radius 1 is 0.974 bits per heavy atom. The third-order valence-corrected chi connectivity index (χ3v) is 7.17. The first kappa shape index (κ1) is 25.0. The zero-order valence-corrected chi connectivity index (χ0v) is 21.0. The Balaban J connectivity index is 1.73. The molecule has 1 fully saturated rings. The van der Waals surface area contributed by atoms with Crippen LogP contribution in [-0.4, -0.2) is 36.4 Å². The minimum Gasteiger partial charge on any atom is -0.465 e. The number of hydrogen-bond acceptors (Lipinski definition) is 7. The summed E-state index contributed by atoms with van der Waals surface area (Å²) in [7, 11) is 0. The minimum absolute atomic E-state index is 0.104. The maximum absolute atomic E-state index is 14.4. The van der Waals surface area contributed by atoms with Gasteiger partial charge in [-0.3, -0.25) is 14.4 Å². The van der Waals surface area contributed by atoms with Gasteiger partial charge in [-0.05, 0) is 48.4 Å². The Morgan fingerprint density at radius 3 is 2.32 bits per heavy atom. The van der Waals surface area contributed by atoms with Crippen LogP contribution in [0.2, 0.25) is 0 Å². The number of nitriles is 1. The predicted molar refractivity (Wildman–Crippen MR) is 141 cm³/mol. The lowest BCUT2D eigenvalue weighted by Crippen LogP contribution is -2.47. The number of Topliss-reactive ketones (excluding diaryl/α,β-unsaturated/α-hetero) is 1. The average Bonchev–Trinajstić information content (AvgIpc) is 3.25. The zero-order valence-electron chi connectivity index (χ0n) is 21.0. The van der Waals surface area contributed by atoms with Gasteiger partial charge in [-0.2, -0.15) is 5.26 Å². The molecule has 2 heterocycles. The molecule has 0 aromatic heterocycles.